The Labute approximate surface area is 116 Å². The van der Waals surface area contributed by atoms with Crippen molar-refractivity contribution >= 4 is 15.7 Å². The maximum Gasteiger partial charge on any atom is 0.235 e. The van der Waals surface area contributed by atoms with Gasteiger partial charge in [-0.15, -0.1) is 0 Å². The summed E-state index contributed by atoms with van der Waals surface area (Å²) in [4.78, 5) is 0. The molecule has 4 nitrogen and oxygen atoms in total. The van der Waals surface area contributed by atoms with E-state index in [-0.39, 0.29) is 11.8 Å². The van der Waals surface area contributed by atoms with E-state index < -0.39 is 10.0 Å². The molecule has 1 aromatic rings. The van der Waals surface area contributed by atoms with Crippen LogP contribution in [0.15, 0.2) is 24.3 Å². The number of hydrogen-bond donors (Lipinski definition) is 1. The first kappa shape index (κ1) is 16.0. The summed E-state index contributed by atoms with van der Waals surface area (Å²) in [6.07, 6.45) is 1.56. The van der Waals surface area contributed by atoms with Crippen molar-refractivity contribution in [2.24, 2.45) is 5.73 Å². The van der Waals surface area contributed by atoms with E-state index in [2.05, 4.69) is 0 Å². The highest BCUT2D eigenvalue weighted by Crippen LogP contribution is 2.22. The fourth-order valence-corrected chi connectivity index (χ4v) is 3.92. The molecule has 0 heterocycles. The Morgan fingerprint density at radius 2 is 1.79 bits per heavy atom. The number of rotatable bonds is 7. The summed E-state index contributed by atoms with van der Waals surface area (Å²) in [7, 11) is -3.25. The van der Waals surface area contributed by atoms with Gasteiger partial charge in [0.25, 0.3) is 0 Å². The number of unbranched alkanes of at least 4 members (excludes halogenated alkanes) is 1. The third-order valence-corrected chi connectivity index (χ3v) is 4.99. The first-order valence-electron chi connectivity index (χ1n) is 6.73. The lowest BCUT2D eigenvalue weighted by Crippen LogP contribution is -2.38. The molecule has 0 saturated carbocycles. The molecule has 19 heavy (non-hydrogen) atoms. The molecule has 0 aliphatic rings. The normalized spacial score (nSPS) is 11.8. The topological polar surface area (TPSA) is 63.4 Å². The van der Waals surface area contributed by atoms with E-state index in [0.29, 0.717) is 18.7 Å². The fraction of sp³-hybridized carbons (Fsp3) is 0.571. The lowest BCUT2D eigenvalue weighted by Gasteiger charge is -2.28. The van der Waals surface area contributed by atoms with Crippen molar-refractivity contribution < 1.29 is 8.42 Å². The molecule has 0 spiro atoms. The number of nitrogens with zero attached hydrogens (tertiary/aromatic N) is 1. The smallest absolute Gasteiger partial charge is 0.235 e. The van der Waals surface area contributed by atoms with Gasteiger partial charge in [0.05, 0.1) is 11.4 Å². The molecular weight excluding hydrogens is 260 g/mol. The van der Waals surface area contributed by atoms with E-state index in [1.165, 1.54) is 4.31 Å². The minimum Gasteiger partial charge on any atom is -0.326 e. The number of anilines is 1. The summed E-state index contributed by atoms with van der Waals surface area (Å²) in [6.45, 7) is 6.23. The Morgan fingerprint density at radius 1 is 1.21 bits per heavy atom. The van der Waals surface area contributed by atoms with E-state index >= 15 is 0 Å². The van der Waals surface area contributed by atoms with Crippen LogP contribution in [0, 0.1) is 0 Å². The largest absolute Gasteiger partial charge is 0.326 e. The Hall–Kier alpha value is -1.07. The summed E-state index contributed by atoms with van der Waals surface area (Å²) in [6, 6.07) is 7.31. The predicted molar refractivity (Wildman–Crippen MR) is 80.6 cm³/mol. The summed E-state index contributed by atoms with van der Waals surface area (Å²) >= 11 is 0. The molecular formula is C14H24N2O2S. The molecule has 2 N–H and O–H groups in total. The fourth-order valence-electron chi connectivity index (χ4n) is 1.98. The average Bonchev–Trinajstić information content (AvgIpc) is 2.36. The van der Waals surface area contributed by atoms with Crippen LogP contribution in [-0.2, 0) is 16.6 Å². The molecule has 0 fully saturated rings. The van der Waals surface area contributed by atoms with E-state index in [9.17, 15) is 8.42 Å². The molecule has 1 rings (SSSR count). The molecule has 0 aromatic heterocycles. The van der Waals surface area contributed by atoms with E-state index in [1.807, 2.05) is 45.0 Å². The molecule has 0 aliphatic heterocycles. The second-order valence-corrected chi connectivity index (χ2v) is 6.90. The minimum atomic E-state index is -3.25. The maximum atomic E-state index is 12.4. The SMILES string of the molecule is CCCCS(=O)(=O)N(c1ccc(CN)cc1)C(C)C. The molecule has 0 unspecified atom stereocenters. The Morgan fingerprint density at radius 3 is 2.21 bits per heavy atom. The van der Waals surface area contributed by atoms with Crippen molar-refractivity contribution in [2.75, 3.05) is 10.1 Å². The van der Waals surface area contributed by atoms with Gasteiger partial charge in [-0.05, 0) is 38.0 Å². The second kappa shape index (κ2) is 6.91. The highest BCUT2D eigenvalue weighted by molar-refractivity contribution is 7.92. The van der Waals surface area contributed by atoms with Crippen LogP contribution in [0.4, 0.5) is 5.69 Å². The van der Waals surface area contributed by atoms with Gasteiger partial charge in [0.2, 0.25) is 10.0 Å². The zero-order valence-electron chi connectivity index (χ0n) is 12.0. The Balaban J connectivity index is 3.06. The van der Waals surface area contributed by atoms with E-state index in [1.54, 1.807) is 0 Å². The summed E-state index contributed by atoms with van der Waals surface area (Å²) in [5.74, 6) is 0.195. The van der Waals surface area contributed by atoms with E-state index in [4.69, 9.17) is 5.73 Å². The summed E-state index contributed by atoms with van der Waals surface area (Å²) in [5, 5.41) is 0. The van der Waals surface area contributed by atoms with Crippen LogP contribution in [0.5, 0.6) is 0 Å². The van der Waals surface area contributed by atoms with Gasteiger partial charge in [-0.2, -0.15) is 0 Å². The molecule has 108 valence electrons. The van der Waals surface area contributed by atoms with Crippen molar-refractivity contribution in [1.29, 1.82) is 0 Å². The van der Waals surface area contributed by atoms with Gasteiger partial charge in [0.1, 0.15) is 0 Å². The Kier molecular flexibility index (Phi) is 5.82. The number of hydrogen-bond acceptors (Lipinski definition) is 3. The summed E-state index contributed by atoms with van der Waals surface area (Å²) < 4.78 is 26.3. The van der Waals surface area contributed by atoms with E-state index in [0.717, 1.165) is 12.0 Å². The highest BCUT2D eigenvalue weighted by Gasteiger charge is 2.24. The van der Waals surface area contributed by atoms with Gasteiger partial charge in [-0.3, -0.25) is 4.31 Å². The monoisotopic (exact) mass is 284 g/mol. The zero-order chi connectivity index (χ0) is 14.5. The van der Waals surface area contributed by atoms with Gasteiger partial charge >= 0.3 is 0 Å². The molecule has 1 aromatic carbocycles. The van der Waals surface area contributed by atoms with Crippen LogP contribution in [0.25, 0.3) is 0 Å². The van der Waals surface area contributed by atoms with Crippen molar-refractivity contribution in [3.8, 4) is 0 Å². The highest BCUT2D eigenvalue weighted by atomic mass is 32.2. The van der Waals surface area contributed by atoms with Gasteiger partial charge in [0, 0.05) is 12.6 Å². The third-order valence-electron chi connectivity index (χ3n) is 2.95. The van der Waals surface area contributed by atoms with Crippen LogP contribution in [0.2, 0.25) is 0 Å². The quantitative estimate of drug-likeness (QED) is 0.836. The first-order valence-corrected chi connectivity index (χ1v) is 8.34. The average molecular weight is 284 g/mol. The van der Waals surface area contributed by atoms with Crippen molar-refractivity contribution in [2.45, 2.75) is 46.2 Å². The molecule has 0 amide bonds. The molecule has 0 bridgehead atoms. The van der Waals surface area contributed by atoms with Crippen LogP contribution in [0.3, 0.4) is 0 Å². The molecule has 0 aliphatic carbocycles. The number of sulfonamides is 1. The lowest BCUT2D eigenvalue weighted by molar-refractivity contribution is 0.581. The standard InChI is InChI=1S/C14H24N2O2S/c1-4-5-10-19(17,18)16(12(2)3)14-8-6-13(11-15)7-9-14/h6-9,12H,4-5,10-11,15H2,1-3H3. The molecule has 0 radical (unpaired) electrons. The zero-order valence-corrected chi connectivity index (χ0v) is 12.8. The third kappa shape index (κ3) is 4.21. The van der Waals surface area contributed by atoms with Gasteiger partial charge < -0.3 is 5.73 Å². The number of benzene rings is 1. The molecule has 0 atom stereocenters. The summed E-state index contributed by atoms with van der Waals surface area (Å²) in [5.41, 5.74) is 7.27. The predicted octanol–water partition coefficient (Wildman–Crippen LogP) is 2.49. The van der Waals surface area contributed by atoms with Crippen LogP contribution in [0.1, 0.15) is 39.2 Å². The first-order chi connectivity index (χ1) is 8.92. The van der Waals surface area contributed by atoms with Crippen LogP contribution in [-0.4, -0.2) is 20.2 Å². The maximum absolute atomic E-state index is 12.4. The van der Waals surface area contributed by atoms with Gasteiger partial charge in [0.15, 0.2) is 0 Å². The van der Waals surface area contributed by atoms with Crippen molar-refractivity contribution in [3.05, 3.63) is 29.8 Å². The Bertz CT molecular complexity index is 481. The second-order valence-electron chi connectivity index (χ2n) is 4.93. The van der Waals surface area contributed by atoms with Crippen LogP contribution >= 0.6 is 0 Å². The minimum absolute atomic E-state index is 0.0921. The van der Waals surface area contributed by atoms with Crippen molar-refractivity contribution in [1.82, 2.24) is 0 Å². The van der Waals surface area contributed by atoms with Gasteiger partial charge in [-0.25, -0.2) is 8.42 Å². The lowest BCUT2D eigenvalue weighted by atomic mass is 10.2. The molecule has 5 heteroatoms. The van der Waals surface area contributed by atoms with Gasteiger partial charge in [-0.1, -0.05) is 25.5 Å². The van der Waals surface area contributed by atoms with Crippen molar-refractivity contribution in [3.63, 3.8) is 0 Å². The number of nitrogens with two attached hydrogens (primary N) is 1. The van der Waals surface area contributed by atoms with Crippen LogP contribution < -0.4 is 10.0 Å². The molecule has 0 saturated heterocycles.